The second kappa shape index (κ2) is 8.04. The molecule has 3 N–H and O–H groups in total. The van der Waals surface area contributed by atoms with E-state index in [2.05, 4.69) is 12.2 Å². The minimum absolute atomic E-state index is 0.214. The maximum atomic E-state index is 12.1. The fourth-order valence-electron chi connectivity index (χ4n) is 1.81. The Bertz CT molecular complexity index is 489. The number of unbranched alkanes of at least 4 members (excludes halogenated alkanes) is 2. The highest BCUT2D eigenvalue weighted by molar-refractivity contribution is 7.86. The Kier molecular flexibility index (Phi) is 6.71. The summed E-state index contributed by atoms with van der Waals surface area (Å²) in [5.41, 5.74) is 7.97. The van der Waals surface area contributed by atoms with E-state index in [-0.39, 0.29) is 5.91 Å². The number of benzene rings is 1. The Morgan fingerprint density at radius 2 is 2.10 bits per heavy atom. The number of nitrogens with one attached hydrogen (secondary N) is 1. The Morgan fingerprint density at radius 1 is 1.40 bits per heavy atom. The van der Waals surface area contributed by atoms with Gasteiger partial charge in [0.1, 0.15) is 5.25 Å². The van der Waals surface area contributed by atoms with Gasteiger partial charge in [-0.1, -0.05) is 25.8 Å². The van der Waals surface area contributed by atoms with Gasteiger partial charge in [-0.15, -0.1) is 0 Å². The summed E-state index contributed by atoms with van der Waals surface area (Å²) in [6.07, 6.45) is 3.03. The molecule has 2 atom stereocenters. The van der Waals surface area contributed by atoms with Crippen LogP contribution < -0.4 is 11.1 Å². The van der Waals surface area contributed by atoms with Gasteiger partial charge in [-0.05, 0) is 38.0 Å². The number of carbonyl (C=O) groups is 1. The molecule has 0 heterocycles. The van der Waals surface area contributed by atoms with Gasteiger partial charge in [0.25, 0.3) is 0 Å². The molecule has 0 aromatic heterocycles. The van der Waals surface area contributed by atoms with Crippen molar-refractivity contribution < 1.29 is 9.00 Å². The number of nitrogen functional groups attached to an aromatic ring is 1. The van der Waals surface area contributed by atoms with Crippen LogP contribution in [0.25, 0.3) is 0 Å². The lowest BCUT2D eigenvalue weighted by molar-refractivity contribution is -0.115. The van der Waals surface area contributed by atoms with Crippen LogP contribution in [0.15, 0.2) is 18.2 Å². The van der Waals surface area contributed by atoms with E-state index in [0.717, 1.165) is 24.8 Å². The first-order chi connectivity index (χ1) is 9.47. The molecule has 4 nitrogen and oxygen atoms in total. The van der Waals surface area contributed by atoms with Crippen molar-refractivity contribution in [2.45, 2.75) is 45.3 Å². The summed E-state index contributed by atoms with van der Waals surface area (Å²) in [5.74, 6) is 0.367. The summed E-state index contributed by atoms with van der Waals surface area (Å²) in [4.78, 5) is 12.1. The van der Waals surface area contributed by atoms with E-state index in [0.29, 0.717) is 17.1 Å². The number of hydrogen-bond acceptors (Lipinski definition) is 3. The Labute approximate surface area is 123 Å². The van der Waals surface area contributed by atoms with Crippen LogP contribution in [-0.4, -0.2) is 21.1 Å². The summed E-state index contributed by atoms with van der Waals surface area (Å²) in [7, 11) is -1.13. The average molecular weight is 296 g/mol. The molecule has 1 rings (SSSR count). The van der Waals surface area contributed by atoms with Gasteiger partial charge < -0.3 is 11.1 Å². The first-order valence-electron chi connectivity index (χ1n) is 7.00. The fourth-order valence-corrected chi connectivity index (χ4v) is 2.95. The number of hydrogen-bond donors (Lipinski definition) is 2. The molecule has 0 saturated heterocycles. The third-order valence-electron chi connectivity index (χ3n) is 3.35. The van der Waals surface area contributed by atoms with Crippen molar-refractivity contribution in [3.8, 4) is 0 Å². The molecule has 20 heavy (non-hydrogen) atoms. The standard InChI is InChI=1S/C15H24N2O2S/c1-4-5-6-10-20(19)12(3)15(18)17-14-9-7-8-13(16)11(14)2/h7-9,12H,4-6,10,16H2,1-3H3,(H,17,18). The first-order valence-corrected chi connectivity index (χ1v) is 8.38. The zero-order valence-corrected chi connectivity index (χ0v) is 13.3. The lowest BCUT2D eigenvalue weighted by Gasteiger charge is -2.14. The summed E-state index contributed by atoms with van der Waals surface area (Å²) in [6.45, 7) is 5.66. The van der Waals surface area contributed by atoms with Crippen LogP contribution in [0.3, 0.4) is 0 Å². The van der Waals surface area contributed by atoms with Gasteiger partial charge in [0, 0.05) is 27.9 Å². The van der Waals surface area contributed by atoms with Crippen molar-refractivity contribution in [1.82, 2.24) is 0 Å². The minimum Gasteiger partial charge on any atom is -0.398 e. The van der Waals surface area contributed by atoms with E-state index in [4.69, 9.17) is 5.73 Å². The molecule has 0 aliphatic carbocycles. The largest absolute Gasteiger partial charge is 0.398 e. The summed E-state index contributed by atoms with van der Waals surface area (Å²) < 4.78 is 12.0. The second-order valence-electron chi connectivity index (χ2n) is 4.94. The molecule has 2 unspecified atom stereocenters. The number of nitrogens with two attached hydrogens (primary N) is 1. The van der Waals surface area contributed by atoms with Gasteiger partial charge in [0.15, 0.2) is 0 Å². The number of carbonyl (C=O) groups excluding carboxylic acids is 1. The normalized spacial score (nSPS) is 13.8. The van der Waals surface area contributed by atoms with Gasteiger partial charge in [-0.3, -0.25) is 9.00 Å². The lowest BCUT2D eigenvalue weighted by Crippen LogP contribution is -2.30. The van der Waals surface area contributed by atoms with E-state index >= 15 is 0 Å². The highest BCUT2D eigenvalue weighted by Gasteiger charge is 2.20. The van der Waals surface area contributed by atoms with Crippen LogP contribution in [0.2, 0.25) is 0 Å². The topological polar surface area (TPSA) is 72.2 Å². The number of anilines is 2. The van der Waals surface area contributed by atoms with E-state index in [1.165, 1.54) is 0 Å². The van der Waals surface area contributed by atoms with Gasteiger partial charge >= 0.3 is 0 Å². The Hall–Kier alpha value is -1.36. The third kappa shape index (κ3) is 4.63. The predicted octanol–water partition coefficient (Wildman–Crippen LogP) is 2.84. The minimum atomic E-state index is -1.13. The molecule has 5 heteroatoms. The molecule has 0 aliphatic heterocycles. The van der Waals surface area contributed by atoms with Crippen molar-refractivity contribution in [3.05, 3.63) is 23.8 Å². The maximum absolute atomic E-state index is 12.1. The molecule has 0 spiro atoms. The first kappa shape index (κ1) is 16.7. The quantitative estimate of drug-likeness (QED) is 0.600. The molecule has 0 bridgehead atoms. The number of amides is 1. The molecule has 0 aliphatic rings. The SMILES string of the molecule is CCCCCS(=O)C(C)C(=O)Nc1cccc(N)c1C. The molecular formula is C15H24N2O2S. The van der Waals surface area contributed by atoms with Gasteiger partial charge in [-0.2, -0.15) is 0 Å². The van der Waals surface area contributed by atoms with E-state index in [1.54, 1.807) is 25.1 Å². The van der Waals surface area contributed by atoms with Gasteiger partial charge in [0.05, 0.1) is 0 Å². The van der Waals surface area contributed by atoms with Crippen molar-refractivity contribution in [2.75, 3.05) is 16.8 Å². The maximum Gasteiger partial charge on any atom is 0.239 e. The monoisotopic (exact) mass is 296 g/mol. The highest BCUT2D eigenvalue weighted by Crippen LogP contribution is 2.20. The lowest BCUT2D eigenvalue weighted by atomic mass is 10.1. The van der Waals surface area contributed by atoms with Crippen LogP contribution in [0.1, 0.15) is 38.7 Å². The van der Waals surface area contributed by atoms with Crippen molar-refractivity contribution in [3.63, 3.8) is 0 Å². The predicted molar refractivity (Wildman–Crippen MR) is 86.2 cm³/mol. The molecule has 112 valence electrons. The zero-order chi connectivity index (χ0) is 15.1. The molecule has 1 aromatic rings. The number of rotatable bonds is 7. The third-order valence-corrected chi connectivity index (χ3v) is 5.04. The van der Waals surface area contributed by atoms with Crippen LogP contribution in [-0.2, 0) is 15.6 Å². The van der Waals surface area contributed by atoms with Crippen molar-refractivity contribution in [1.29, 1.82) is 0 Å². The van der Waals surface area contributed by atoms with Crippen molar-refractivity contribution in [2.24, 2.45) is 0 Å². The van der Waals surface area contributed by atoms with Crippen LogP contribution in [0, 0.1) is 6.92 Å². The van der Waals surface area contributed by atoms with E-state index in [1.807, 2.05) is 6.92 Å². The van der Waals surface area contributed by atoms with E-state index < -0.39 is 16.0 Å². The smallest absolute Gasteiger partial charge is 0.239 e. The summed E-state index contributed by atoms with van der Waals surface area (Å²) >= 11 is 0. The molecule has 1 aromatic carbocycles. The van der Waals surface area contributed by atoms with E-state index in [9.17, 15) is 9.00 Å². The van der Waals surface area contributed by atoms with Gasteiger partial charge in [-0.25, -0.2) is 0 Å². The van der Waals surface area contributed by atoms with Crippen LogP contribution in [0.4, 0.5) is 11.4 Å². The molecule has 1 amide bonds. The zero-order valence-electron chi connectivity index (χ0n) is 12.4. The average Bonchev–Trinajstić information content (AvgIpc) is 2.43. The summed E-state index contributed by atoms with van der Waals surface area (Å²) in [5, 5.41) is 2.30. The molecule has 0 fully saturated rings. The Balaban J connectivity index is 2.61. The van der Waals surface area contributed by atoms with Crippen molar-refractivity contribution >= 4 is 28.1 Å². The van der Waals surface area contributed by atoms with Crippen LogP contribution >= 0.6 is 0 Å². The molecule has 0 radical (unpaired) electrons. The highest BCUT2D eigenvalue weighted by atomic mass is 32.2. The Morgan fingerprint density at radius 3 is 2.75 bits per heavy atom. The molecule has 0 saturated carbocycles. The second-order valence-corrected chi connectivity index (χ2v) is 6.82. The fraction of sp³-hybridized carbons (Fsp3) is 0.533. The molecular weight excluding hydrogens is 272 g/mol. The summed E-state index contributed by atoms with van der Waals surface area (Å²) in [6, 6.07) is 5.38. The van der Waals surface area contributed by atoms with Crippen LogP contribution in [0.5, 0.6) is 0 Å². The van der Waals surface area contributed by atoms with Gasteiger partial charge in [0.2, 0.25) is 5.91 Å².